The van der Waals surface area contributed by atoms with Gasteiger partial charge in [-0.05, 0) is 55.0 Å². The van der Waals surface area contributed by atoms with E-state index in [2.05, 4.69) is 4.98 Å². The normalized spacial score (nSPS) is 11.5. The first-order valence-corrected chi connectivity index (χ1v) is 10.7. The predicted molar refractivity (Wildman–Crippen MR) is 109 cm³/mol. The Labute approximate surface area is 170 Å². The van der Waals surface area contributed by atoms with Crippen molar-refractivity contribution in [2.75, 3.05) is 0 Å². The van der Waals surface area contributed by atoms with Crippen LogP contribution in [0.4, 0.5) is 0 Å². The van der Waals surface area contributed by atoms with E-state index in [4.69, 9.17) is 11.6 Å². The average Bonchev–Trinajstić information content (AvgIpc) is 2.68. The Kier molecular flexibility index (Phi) is 5.90. The number of sulfone groups is 1. The predicted octanol–water partition coefficient (Wildman–Crippen LogP) is 1.97. The molecule has 0 aliphatic carbocycles. The van der Waals surface area contributed by atoms with Gasteiger partial charge < -0.3 is 0 Å². The quantitative estimate of drug-likeness (QED) is 0.636. The van der Waals surface area contributed by atoms with Crippen molar-refractivity contribution < 1.29 is 8.42 Å². The van der Waals surface area contributed by atoms with E-state index in [0.29, 0.717) is 11.4 Å². The third-order valence-electron chi connectivity index (χ3n) is 4.35. The molecule has 0 bridgehead atoms. The van der Waals surface area contributed by atoms with E-state index in [1.165, 1.54) is 48.5 Å². The van der Waals surface area contributed by atoms with Gasteiger partial charge in [-0.3, -0.25) is 4.98 Å². The summed E-state index contributed by atoms with van der Waals surface area (Å²) < 4.78 is 27.2. The van der Waals surface area contributed by atoms with Gasteiger partial charge in [-0.2, -0.15) is 0 Å². The van der Waals surface area contributed by atoms with Crippen LogP contribution < -0.4 is 17.1 Å². The number of benzene rings is 2. The molecule has 0 unspecified atom stereocenters. The van der Waals surface area contributed by atoms with Gasteiger partial charge in [0.2, 0.25) is 9.84 Å². The number of H-pyrrole nitrogens is 1. The molecule has 1 aromatic heterocycles. The SMILES string of the molecule is CCCCn1c(=O)[nH]c(=O)n(-c2ccc(S(=O)(=O)c3ccc(Cl)cc3)cc2)c1=O. The first kappa shape index (κ1) is 20.8. The summed E-state index contributed by atoms with van der Waals surface area (Å²) in [5, 5.41) is 0.413. The van der Waals surface area contributed by atoms with Crippen LogP contribution in [0.25, 0.3) is 5.69 Å². The molecule has 8 nitrogen and oxygen atoms in total. The van der Waals surface area contributed by atoms with Gasteiger partial charge in [0.15, 0.2) is 0 Å². The summed E-state index contributed by atoms with van der Waals surface area (Å²) in [5.74, 6) is 0. The molecule has 0 aliphatic heterocycles. The smallest absolute Gasteiger partial charge is 0.258 e. The zero-order valence-corrected chi connectivity index (χ0v) is 17.0. The molecule has 29 heavy (non-hydrogen) atoms. The van der Waals surface area contributed by atoms with Crippen LogP contribution in [0.3, 0.4) is 0 Å². The summed E-state index contributed by atoms with van der Waals surface area (Å²) in [6.07, 6.45) is 1.36. The van der Waals surface area contributed by atoms with Crippen LogP contribution in [0.1, 0.15) is 19.8 Å². The van der Waals surface area contributed by atoms with E-state index in [0.717, 1.165) is 15.6 Å². The summed E-state index contributed by atoms with van der Waals surface area (Å²) in [6.45, 7) is 2.09. The van der Waals surface area contributed by atoms with Crippen molar-refractivity contribution in [2.45, 2.75) is 36.1 Å². The second kappa shape index (κ2) is 8.22. The lowest BCUT2D eigenvalue weighted by molar-refractivity contribution is 0.542. The Hall–Kier alpha value is -2.91. The largest absolute Gasteiger partial charge is 0.340 e. The lowest BCUT2D eigenvalue weighted by Crippen LogP contribution is -2.48. The molecule has 1 N–H and O–H groups in total. The van der Waals surface area contributed by atoms with E-state index in [9.17, 15) is 22.8 Å². The zero-order chi connectivity index (χ0) is 21.2. The highest BCUT2D eigenvalue weighted by Crippen LogP contribution is 2.23. The Morgan fingerprint density at radius 1 is 0.897 bits per heavy atom. The van der Waals surface area contributed by atoms with Crippen LogP contribution in [-0.4, -0.2) is 22.5 Å². The molecule has 0 aliphatic rings. The Morgan fingerprint density at radius 3 is 2.00 bits per heavy atom. The molecular weight excluding hydrogens is 418 g/mol. The van der Waals surface area contributed by atoms with Crippen molar-refractivity contribution in [3.05, 3.63) is 85.0 Å². The molecular formula is C19H18ClN3O5S. The van der Waals surface area contributed by atoms with Crippen molar-refractivity contribution in [3.63, 3.8) is 0 Å². The Bertz CT molecular complexity index is 1300. The number of hydrogen-bond acceptors (Lipinski definition) is 5. The van der Waals surface area contributed by atoms with Crippen molar-refractivity contribution in [2.24, 2.45) is 0 Å². The van der Waals surface area contributed by atoms with Crippen LogP contribution in [0, 0.1) is 0 Å². The zero-order valence-electron chi connectivity index (χ0n) is 15.5. The lowest BCUT2D eigenvalue weighted by Gasteiger charge is -2.10. The third kappa shape index (κ3) is 4.10. The topological polar surface area (TPSA) is 111 Å². The number of aromatic amines is 1. The minimum atomic E-state index is -3.79. The number of aromatic nitrogens is 3. The molecule has 0 fully saturated rings. The van der Waals surface area contributed by atoms with Crippen LogP contribution in [-0.2, 0) is 16.4 Å². The van der Waals surface area contributed by atoms with Crippen molar-refractivity contribution in [1.82, 2.24) is 14.1 Å². The second-order valence-electron chi connectivity index (χ2n) is 6.31. The minimum absolute atomic E-state index is 0.00708. The maximum atomic E-state index is 12.7. The van der Waals surface area contributed by atoms with Crippen molar-refractivity contribution in [1.29, 1.82) is 0 Å². The highest BCUT2D eigenvalue weighted by atomic mass is 35.5. The molecule has 0 spiro atoms. The summed E-state index contributed by atoms with van der Waals surface area (Å²) in [4.78, 5) is 38.9. The van der Waals surface area contributed by atoms with Crippen molar-refractivity contribution in [3.8, 4) is 5.69 Å². The monoisotopic (exact) mass is 435 g/mol. The standard InChI is InChI=1S/C19H18ClN3O5S/c1-2-3-12-22-17(24)21-18(25)23(19(22)26)14-6-10-16(11-7-14)29(27,28)15-8-4-13(20)5-9-15/h4-11H,2-3,12H2,1H3,(H,21,24,25). The fourth-order valence-corrected chi connectivity index (χ4v) is 4.16. The molecule has 0 atom stereocenters. The number of unbranched alkanes of at least 4 members (excludes halogenated alkanes) is 1. The number of nitrogens with zero attached hydrogens (tertiary/aromatic N) is 2. The maximum Gasteiger partial charge on any atom is 0.340 e. The van der Waals surface area contributed by atoms with E-state index in [1.54, 1.807) is 0 Å². The van der Waals surface area contributed by atoms with Gasteiger partial charge in [-0.25, -0.2) is 31.9 Å². The van der Waals surface area contributed by atoms with Gasteiger partial charge in [-0.1, -0.05) is 24.9 Å². The molecule has 0 saturated carbocycles. The van der Waals surface area contributed by atoms with E-state index in [1.807, 2.05) is 6.92 Å². The highest BCUT2D eigenvalue weighted by Gasteiger charge is 2.18. The van der Waals surface area contributed by atoms with Gasteiger partial charge in [0, 0.05) is 11.6 Å². The van der Waals surface area contributed by atoms with Crippen LogP contribution in [0.5, 0.6) is 0 Å². The number of rotatable bonds is 6. The van der Waals surface area contributed by atoms with Gasteiger partial charge in [-0.15, -0.1) is 0 Å². The third-order valence-corrected chi connectivity index (χ3v) is 6.39. The van der Waals surface area contributed by atoms with Gasteiger partial charge in [0.1, 0.15) is 0 Å². The number of halogens is 1. The summed E-state index contributed by atoms with van der Waals surface area (Å²) in [6, 6.07) is 11.0. The fourth-order valence-electron chi connectivity index (χ4n) is 2.77. The lowest BCUT2D eigenvalue weighted by atomic mass is 10.3. The molecule has 0 saturated heterocycles. The molecule has 2 aromatic carbocycles. The van der Waals surface area contributed by atoms with E-state index < -0.39 is 26.9 Å². The van der Waals surface area contributed by atoms with Gasteiger partial charge >= 0.3 is 17.1 Å². The van der Waals surface area contributed by atoms with Gasteiger partial charge in [0.25, 0.3) is 0 Å². The summed E-state index contributed by atoms with van der Waals surface area (Å²) in [5.41, 5.74) is -2.29. The minimum Gasteiger partial charge on any atom is -0.258 e. The van der Waals surface area contributed by atoms with E-state index in [-0.39, 0.29) is 22.0 Å². The second-order valence-corrected chi connectivity index (χ2v) is 8.70. The molecule has 0 amide bonds. The van der Waals surface area contributed by atoms with Crippen LogP contribution in [0.15, 0.2) is 72.7 Å². The van der Waals surface area contributed by atoms with Crippen molar-refractivity contribution >= 4 is 21.4 Å². The first-order chi connectivity index (χ1) is 13.8. The first-order valence-electron chi connectivity index (χ1n) is 8.83. The molecule has 3 rings (SSSR count). The molecule has 1 heterocycles. The molecule has 0 radical (unpaired) electrons. The summed E-state index contributed by atoms with van der Waals surface area (Å²) >= 11 is 5.80. The number of hydrogen-bond donors (Lipinski definition) is 1. The summed E-state index contributed by atoms with van der Waals surface area (Å²) in [7, 11) is -3.79. The molecule has 10 heteroatoms. The molecule has 3 aromatic rings. The Balaban J connectivity index is 2.05. The fraction of sp³-hybridized carbons (Fsp3) is 0.211. The highest BCUT2D eigenvalue weighted by molar-refractivity contribution is 7.91. The molecule has 152 valence electrons. The van der Waals surface area contributed by atoms with Crippen LogP contribution >= 0.6 is 11.6 Å². The van der Waals surface area contributed by atoms with Gasteiger partial charge in [0.05, 0.1) is 15.5 Å². The van der Waals surface area contributed by atoms with E-state index >= 15 is 0 Å². The average molecular weight is 436 g/mol. The van der Waals surface area contributed by atoms with Crippen LogP contribution in [0.2, 0.25) is 5.02 Å². The maximum absolute atomic E-state index is 12.7. The number of nitrogens with one attached hydrogen (secondary N) is 1. The Morgan fingerprint density at radius 2 is 1.45 bits per heavy atom.